The van der Waals surface area contributed by atoms with E-state index in [1.165, 1.54) is 0 Å². The second-order valence-corrected chi connectivity index (χ2v) is 7.22. The van der Waals surface area contributed by atoms with Gasteiger partial charge < -0.3 is 16.0 Å². The lowest BCUT2D eigenvalue weighted by atomic mass is 9.92. The van der Waals surface area contributed by atoms with Crippen LogP contribution >= 0.6 is 12.4 Å². The van der Waals surface area contributed by atoms with E-state index in [2.05, 4.69) is 12.2 Å². The Morgan fingerprint density at radius 3 is 2.62 bits per heavy atom. The van der Waals surface area contributed by atoms with Crippen LogP contribution in [-0.2, 0) is 9.59 Å². The van der Waals surface area contributed by atoms with Gasteiger partial charge in [0.15, 0.2) is 0 Å². The van der Waals surface area contributed by atoms with Gasteiger partial charge in [0.1, 0.15) is 12.1 Å². The Morgan fingerprint density at radius 1 is 1.33 bits per heavy atom. The number of piperidine rings is 1. The number of hydrogen-bond acceptors (Lipinski definition) is 4. The summed E-state index contributed by atoms with van der Waals surface area (Å²) in [5.74, 6) is 0.139. The van der Waals surface area contributed by atoms with Crippen molar-refractivity contribution in [3.05, 3.63) is 0 Å². The monoisotopic (exact) mass is 358 g/mol. The summed E-state index contributed by atoms with van der Waals surface area (Å²) in [4.78, 5) is 40.2. The minimum Gasteiger partial charge on any atom is -0.337 e. The summed E-state index contributed by atoms with van der Waals surface area (Å²) >= 11 is 0. The first kappa shape index (κ1) is 19.0. The van der Waals surface area contributed by atoms with Gasteiger partial charge in [0.05, 0.1) is 0 Å². The fourth-order valence-electron chi connectivity index (χ4n) is 4.17. The third kappa shape index (κ3) is 3.24. The number of imide groups is 1. The maximum atomic E-state index is 12.6. The number of nitrogens with one attached hydrogen (secondary N) is 1. The van der Waals surface area contributed by atoms with Gasteiger partial charge in [-0.1, -0.05) is 19.8 Å². The Labute approximate surface area is 148 Å². The number of hydrogen-bond donors (Lipinski definition) is 2. The van der Waals surface area contributed by atoms with Crippen LogP contribution in [0.1, 0.15) is 45.4 Å². The Morgan fingerprint density at radius 2 is 2.00 bits per heavy atom. The number of amides is 4. The van der Waals surface area contributed by atoms with Crippen molar-refractivity contribution < 1.29 is 14.4 Å². The molecule has 24 heavy (non-hydrogen) atoms. The van der Waals surface area contributed by atoms with Crippen LogP contribution in [0.25, 0.3) is 0 Å². The first-order valence-corrected chi connectivity index (χ1v) is 8.60. The molecule has 0 bridgehead atoms. The van der Waals surface area contributed by atoms with Gasteiger partial charge in [-0.05, 0) is 31.6 Å². The molecule has 1 spiro atoms. The van der Waals surface area contributed by atoms with E-state index < -0.39 is 11.6 Å². The molecule has 1 aliphatic carbocycles. The first-order valence-electron chi connectivity index (χ1n) is 8.60. The molecule has 8 heteroatoms. The van der Waals surface area contributed by atoms with Crippen molar-refractivity contribution in [2.45, 2.75) is 57.0 Å². The van der Waals surface area contributed by atoms with Crippen molar-refractivity contribution in [2.75, 3.05) is 19.6 Å². The number of likely N-dealkylation sites (tertiary alicyclic amines) is 1. The largest absolute Gasteiger partial charge is 0.337 e. The molecule has 2 atom stereocenters. The topological polar surface area (TPSA) is 95.7 Å². The van der Waals surface area contributed by atoms with Gasteiger partial charge in [-0.2, -0.15) is 0 Å². The second-order valence-electron chi connectivity index (χ2n) is 7.22. The Hall–Kier alpha value is -1.34. The Kier molecular flexibility index (Phi) is 5.75. The molecule has 4 amide bonds. The summed E-state index contributed by atoms with van der Waals surface area (Å²) in [6, 6.07) is -0.424. The quantitative estimate of drug-likeness (QED) is 0.731. The fraction of sp³-hybridized carbons (Fsp3) is 0.812. The molecular weight excluding hydrogens is 332 g/mol. The van der Waals surface area contributed by atoms with E-state index in [9.17, 15) is 14.4 Å². The molecule has 1 saturated carbocycles. The third-order valence-corrected chi connectivity index (χ3v) is 5.57. The summed E-state index contributed by atoms with van der Waals surface area (Å²) < 4.78 is 0. The highest BCUT2D eigenvalue weighted by Crippen LogP contribution is 2.35. The van der Waals surface area contributed by atoms with Crippen molar-refractivity contribution in [1.29, 1.82) is 0 Å². The van der Waals surface area contributed by atoms with E-state index in [0.717, 1.165) is 30.6 Å². The summed E-state index contributed by atoms with van der Waals surface area (Å²) in [5, 5.41) is 2.81. The molecule has 0 radical (unpaired) electrons. The normalized spacial score (nSPS) is 28.9. The summed E-state index contributed by atoms with van der Waals surface area (Å²) in [5.41, 5.74) is 5.05. The van der Waals surface area contributed by atoms with Gasteiger partial charge in [-0.25, -0.2) is 4.79 Å². The van der Waals surface area contributed by atoms with Crippen LogP contribution in [0.2, 0.25) is 0 Å². The SMILES string of the molecule is CC1CCN(C(=O)CN2C(=O)NC3(CCCC3)C2=O)C(CN)C1.Cl. The maximum absolute atomic E-state index is 12.6. The van der Waals surface area contributed by atoms with Crippen molar-refractivity contribution in [1.82, 2.24) is 15.1 Å². The molecule has 3 N–H and O–H groups in total. The number of urea groups is 1. The molecule has 0 aromatic heterocycles. The molecule has 2 unspecified atom stereocenters. The maximum Gasteiger partial charge on any atom is 0.325 e. The number of carbonyl (C=O) groups excluding carboxylic acids is 3. The van der Waals surface area contributed by atoms with E-state index in [-0.39, 0.29) is 36.8 Å². The summed E-state index contributed by atoms with van der Waals surface area (Å²) in [6.45, 7) is 3.06. The molecule has 3 aliphatic rings. The molecule has 0 aromatic carbocycles. The number of rotatable bonds is 3. The van der Waals surface area contributed by atoms with Crippen LogP contribution in [0.4, 0.5) is 4.79 Å². The fourth-order valence-corrected chi connectivity index (χ4v) is 4.17. The second kappa shape index (κ2) is 7.27. The lowest BCUT2D eigenvalue weighted by Crippen LogP contribution is -2.53. The molecule has 7 nitrogen and oxygen atoms in total. The van der Waals surface area contributed by atoms with E-state index in [4.69, 9.17) is 5.73 Å². The molecule has 2 heterocycles. The van der Waals surface area contributed by atoms with E-state index in [0.29, 0.717) is 31.8 Å². The van der Waals surface area contributed by atoms with Gasteiger partial charge in [0.2, 0.25) is 5.91 Å². The van der Waals surface area contributed by atoms with Crippen LogP contribution in [0, 0.1) is 5.92 Å². The van der Waals surface area contributed by atoms with Crippen LogP contribution in [0.15, 0.2) is 0 Å². The molecule has 136 valence electrons. The minimum absolute atomic E-state index is 0. The molecule has 3 fully saturated rings. The van der Waals surface area contributed by atoms with Crippen LogP contribution in [-0.4, -0.2) is 58.9 Å². The van der Waals surface area contributed by atoms with Crippen LogP contribution < -0.4 is 11.1 Å². The van der Waals surface area contributed by atoms with E-state index in [1.54, 1.807) is 4.90 Å². The highest BCUT2D eigenvalue weighted by atomic mass is 35.5. The highest BCUT2D eigenvalue weighted by molar-refractivity contribution is 6.09. The third-order valence-electron chi connectivity index (χ3n) is 5.57. The molecule has 3 rings (SSSR count). The Bertz CT molecular complexity index is 521. The lowest BCUT2D eigenvalue weighted by Gasteiger charge is -2.38. The van der Waals surface area contributed by atoms with Crippen LogP contribution in [0.3, 0.4) is 0 Å². The average Bonchev–Trinajstić information content (AvgIpc) is 3.08. The lowest BCUT2D eigenvalue weighted by molar-refractivity contribution is -0.141. The number of nitrogens with two attached hydrogens (primary N) is 1. The van der Waals surface area contributed by atoms with E-state index >= 15 is 0 Å². The average molecular weight is 359 g/mol. The van der Waals surface area contributed by atoms with Gasteiger partial charge in [0, 0.05) is 19.1 Å². The molecular formula is C16H27ClN4O3. The highest BCUT2D eigenvalue weighted by Gasteiger charge is 2.53. The summed E-state index contributed by atoms with van der Waals surface area (Å²) in [6.07, 6.45) is 5.04. The molecule has 0 aromatic rings. The zero-order valence-electron chi connectivity index (χ0n) is 14.1. The predicted molar refractivity (Wildman–Crippen MR) is 91.6 cm³/mol. The molecule has 2 aliphatic heterocycles. The number of carbonyl (C=O) groups is 3. The van der Waals surface area contributed by atoms with Crippen LogP contribution in [0.5, 0.6) is 0 Å². The Balaban J connectivity index is 0.00000208. The number of nitrogens with zero attached hydrogens (tertiary/aromatic N) is 2. The van der Waals surface area contributed by atoms with Gasteiger partial charge in [-0.3, -0.25) is 14.5 Å². The molecule has 2 saturated heterocycles. The summed E-state index contributed by atoms with van der Waals surface area (Å²) in [7, 11) is 0. The van der Waals surface area contributed by atoms with E-state index in [1.807, 2.05) is 0 Å². The zero-order valence-corrected chi connectivity index (χ0v) is 14.9. The van der Waals surface area contributed by atoms with Crippen molar-refractivity contribution in [3.8, 4) is 0 Å². The van der Waals surface area contributed by atoms with Gasteiger partial charge in [-0.15, -0.1) is 12.4 Å². The van der Waals surface area contributed by atoms with Crippen molar-refractivity contribution >= 4 is 30.3 Å². The number of halogens is 1. The standard InChI is InChI=1S/C16H26N4O3.ClH/c1-11-4-7-19(12(8-11)9-17)13(21)10-20-14(22)16(18-15(20)23)5-2-3-6-16;/h11-12H,2-10,17H2,1H3,(H,18,23);1H. The van der Waals surface area contributed by atoms with Crippen molar-refractivity contribution in [3.63, 3.8) is 0 Å². The first-order chi connectivity index (χ1) is 11.0. The van der Waals surface area contributed by atoms with Gasteiger partial charge in [0.25, 0.3) is 5.91 Å². The van der Waals surface area contributed by atoms with Gasteiger partial charge >= 0.3 is 6.03 Å². The zero-order chi connectivity index (χ0) is 16.6. The van der Waals surface area contributed by atoms with Crippen molar-refractivity contribution in [2.24, 2.45) is 11.7 Å². The smallest absolute Gasteiger partial charge is 0.325 e. The predicted octanol–water partition coefficient (Wildman–Crippen LogP) is 0.859. The minimum atomic E-state index is -0.749.